The maximum Gasteiger partial charge on any atom is 0.281 e. The zero-order valence-electron chi connectivity index (χ0n) is 12.6. The van der Waals surface area contributed by atoms with Crippen molar-refractivity contribution < 1.29 is 13.2 Å². The summed E-state index contributed by atoms with van der Waals surface area (Å²) in [7, 11) is -0.509. The van der Waals surface area contributed by atoms with Crippen molar-refractivity contribution >= 4 is 33.4 Å². The van der Waals surface area contributed by atoms with Gasteiger partial charge in [-0.2, -0.15) is 17.0 Å². The Morgan fingerprint density at radius 2 is 2.05 bits per heavy atom. The predicted molar refractivity (Wildman–Crippen MR) is 87.0 cm³/mol. The van der Waals surface area contributed by atoms with E-state index in [1.54, 1.807) is 24.3 Å². The summed E-state index contributed by atoms with van der Waals surface area (Å²) < 4.78 is 26.9. The van der Waals surface area contributed by atoms with Crippen molar-refractivity contribution in [1.29, 1.82) is 0 Å². The third-order valence-corrected chi connectivity index (χ3v) is 5.91. The molecule has 1 heterocycles. The van der Waals surface area contributed by atoms with Crippen LogP contribution in [-0.2, 0) is 15.0 Å². The van der Waals surface area contributed by atoms with Crippen LogP contribution in [0.25, 0.3) is 0 Å². The largest absolute Gasteiger partial charge is 0.324 e. The molecule has 1 N–H and O–H groups in total. The van der Waals surface area contributed by atoms with Gasteiger partial charge in [0, 0.05) is 27.2 Å². The second-order valence-electron chi connectivity index (χ2n) is 5.46. The highest BCUT2D eigenvalue weighted by molar-refractivity contribution is 7.86. The number of hydrogen-bond donors (Lipinski definition) is 1. The van der Waals surface area contributed by atoms with Crippen molar-refractivity contribution in [2.75, 3.05) is 32.5 Å². The van der Waals surface area contributed by atoms with Crippen molar-refractivity contribution in [1.82, 2.24) is 8.61 Å². The maximum absolute atomic E-state index is 12.4. The maximum atomic E-state index is 12.4. The number of nitrogens with one attached hydrogen (secondary N) is 1. The minimum Gasteiger partial charge on any atom is -0.324 e. The highest BCUT2D eigenvalue weighted by atomic mass is 35.5. The van der Waals surface area contributed by atoms with E-state index in [1.807, 2.05) is 0 Å². The first kappa shape index (κ1) is 17.2. The summed E-state index contributed by atoms with van der Waals surface area (Å²) in [5.41, 5.74) is 0.543. The number of benzene rings is 1. The zero-order chi connectivity index (χ0) is 16.3. The Morgan fingerprint density at radius 1 is 1.36 bits per heavy atom. The van der Waals surface area contributed by atoms with Gasteiger partial charge in [0.1, 0.15) is 0 Å². The molecule has 0 aliphatic carbocycles. The predicted octanol–water partition coefficient (Wildman–Crippen LogP) is 1.80. The lowest BCUT2D eigenvalue weighted by Crippen LogP contribution is -2.47. The summed E-state index contributed by atoms with van der Waals surface area (Å²) in [4.78, 5) is 12.4. The number of hydrogen-bond acceptors (Lipinski definition) is 3. The van der Waals surface area contributed by atoms with E-state index >= 15 is 0 Å². The first-order valence-corrected chi connectivity index (χ1v) is 8.83. The first-order valence-electron chi connectivity index (χ1n) is 7.05. The standard InChI is InChI=1S/C14H20ClN3O3S/c1-17(2)22(20,21)18-9-5-6-11(10-18)14(19)16-13-8-4-3-7-12(13)15/h3-4,7-8,11H,5-6,9-10H2,1-2H3,(H,16,19)/t11-/m0/s1. The van der Waals surface area contributed by atoms with Crippen LogP contribution in [0.5, 0.6) is 0 Å². The highest BCUT2D eigenvalue weighted by Gasteiger charge is 2.33. The van der Waals surface area contributed by atoms with Crippen LogP contribution in [0, 0.1) is 5.92 Å². The molecule has 0 unspecified atom stereocenters. The molecule has 0 saturated carbocycles. The molecule has 1 fully saturated rings. The van der Waals surface area contributed by atoms with E-state index in [-0.39, 0.29) is 18.4 Å². The first-order chi connectivity index (χ1) is 10.3. The molecule has 0 aromatic heterocycles. The van der Waals surface area contributed by atoms with Gasteiger partial charge in [0.2, 0.25) is 5.91 Å². The van der Waals surface area contributed by atoms with Gasteiger partial charge in [0.25, 0.3) is 10.2 Å². The van der Waals surface area contributed by atoms with E-state index in [9.17, 15) is 13.2 Å². The van der Waals surface area contributed by atoms with Crippen LogP contribution in [0.3, 0.4) is 0 Å². The summed E-state index contributed by atoms with van der Waals surface area (Å²) in [6.45, 7) is 0.632. The fraction of sp³-hybridized carbons (Fsp3) is 0.500. The van der Waals surface area contributed by atoms with E-state index in [0.29, 0.717) is 30.1 Å². The van der Waals surface area contributed by atoms with Crippen LogP contribution in [0.2, 0.25) is 5.02 Å². The Bertz CT molecular complexity index is 648. The molecule has 122 valence electrons. The lowest BCUT2D eigenvalue weighted by molar-refractivity contribution is -0.120. The molecule has 1 aliphatic heterocycles. The molecule has 1 atom stereocenters. The van der Waals surface area contributed by atoms with Gasteiger partial charge in [-0.3, -0.25) is 4.79 Å². The summed E-state index contributed by atoms with van der Waals surface area (Å²) in [5, 5.41) is 3.24. The Hall–Kier alpha value is -1.15. The minimum atomic E-state index is -3.49. The smallest absolute Gasteiger partial charge is 0.281 e. The van der Waals surface area contributed by atoms with Crippen LogP contribution < -0.4 is 5.32 Å². The van der Waals surface area contributed by atoms with E-state index < -0.39 is 10.2 Å². The van der Waals surface area contributed by atoms with Gasteiger partial charge in [0.15, 0.2) is 0 Å². The van der Waals surface area contributed by atoms with Gasteiger partial charge in [0.05, 0.1) is 16.6 Å². The highest BCUT2D eigenvalue weighted by Crippen LogP contribution is 2.24. The number of nitrogens with zero attached hydrogens (tertiary/aromatic N) is 2. The van der Waals surface area contributed by atoms with E-state index in [1.165, 1.54) is 22.7 Å². The summed E-state index contributed by atoms with van der Waals surface area (Å²) in [5.74, 6) is -0.577. The van der Waals surface area contributed by atoms with Crippen LogP contribution in [0.4, 0.5) is 5.69 Å². The van der Waals surface area contributed by atoms with Crippen LogP contribution in [0.15, 0.2) is 24.3 Å². The van der Waals surface area contributed by atoms with Crippen LogP contribution in [0.1, 0.15) is 12.8 Å². The van der Waals surface area contributed by atoms with E-state index in [4.69, 9.17) is 11.6 Å². The number of amides is 1. The molecule has 2 rings (SSSR count). The molecule has 0 radical (unpaired) electrons. The monoisotopic (exact) mass is 345 g/mol. The second kappa shape index (κ2) is 6.95. The number of para-hydroxylation sites is 1. The van der Waals surface area contributed by atoms with Crippen LogP contribution in [-0.4, -0.2) is 50.1 Å². The van der Waals surface area contributed by atoms with Crippen molar-refractivity contribution in [3.8, 4) is 0 Å². The van der Waals surface area contributed by atoms with Crippen molar-refractivity contribution in [3.05, 3.63) is 29.3 Å². The average molecular weight is 346 g/mol. The van der Waals surface area contributed by atoms with E-state index in [0.717, 1.165) is 0 Å². The van der Waals surface area contributed by atoms with Crippen molar-refractivity contribution in [2.45, 2.75) is 12.8 Å². The normalized spacial score (nSPS) is 20.1. The lowest BCUT2D eigenvalue weighted by atomic mass is 9.99. The molecular formula is C14H20ClN3O3S. The quantitative estimate of drug-likeness (QED) is 0.904. The molecule has 22 heavy (non-hydrogen) atoms. The topological polar surface area (TPSA) is 69.7 Å². The lowest BCUT2D eigenvalue weighted by Gasteiger charge is -2.32. The number of piperidine rings is 1. The summed E-state index contributed by atoms with van der Waals surface area (Å²) >= 11 is 6.02. The summed E-state index contributed by atoms with van der Waals surface area (Å²) in [6.07, 6.45) is 1.32. The van der Waals surface area contributed by atoms with Gasteiger partial charge >= 0.3 is 0 Å². The molecule has 6 nitrogen and oxygen atoms in total. The SMILES string of the molecule is CN(C)S(=O)(=O)N1CCC[C@H](C(=O)Nc2ccccc2Cl)C1. The van der Waals surface area contributed by atoms with Gasteiger partial charge < -0.3 is 5.32 Å². The Labute approximate surface area is 136 Å². The van der Waals surface area contributed by atoms with Crippen LogP contribution >= 0.6 is 11.6 Å². The molecule has 0 bridgehead atoms. The fourth-order valence-electron chi connectivity index (χ4n) is 2.39. The Morgan fingerprint density at radius 3 is 2.68 bits per heavy atom. The number of carbonyl (C=O) groups excluding carboxylic acids is 1. The van der Waals surface area contributed by atoms with Gasteiger partial charge in [-0.1, -0.05) is 23.7 Å². The molecule has 1 aromatic carbocycles. The Balaban J connectivity index is 2.06. The number of anilines is 1. The number of halogens is 1. The number of carbonyl (C=O) groups is 1. The van der Waals surface area contributed by atoms with Gasteiger partial charge in [-0.25, -0.2) is 0 Å². The zero-order valence-corrected chi connectivity index (χ0v) is 14.2. The summed E-state index contributed by atoms with van der Waals surface area (Å²) in [6, 6.07) is 6.98. The Kier molecular flexibility index (Phi) is 5.44. The molecule has 1 aromatic rings. The fourth-order valence-corrected chi connectivity index (χ4v) is 3.77. The van der Waals surface area contributed by atoms with Crippen molar-refractivity contribution in [3.63, 3.8) is 0 Å². The minimum absolute atomic E-state index is 0.191. The van der Waals surface area contributed by atoms with Gasteiger partial charge in [-0.15, -0.1) is 0 Å². The molecule has 8 heteroatoms. The molecule has 0 spiro atoms. The molecule has 1 aliphatic rings. The molecule has 1 amide bonds. The molecule has 1 saturated heterocycles. The average Bonchev–Trinajstić information content (AvgIpc) is 2.49. The van der Waals surface area contributed by atoms with Gasteiger partial charge in [-0.05, 0) is 25.0 Å². The van der Waals surface area contributed by atoms with E-state index in [2.05, 4.69) is 5.32 Å². The third kappa shape index (κ3) is 3.78. The number of rotatable bonds is 4. The molecular weight excluding hydrogens is 326 g/mol. The second-order valence-corrected chi connectivity index (χ2v) is 8.01. The third-order valence-electron chi connectivity index (χ3n) is 3.67. The van der Waals surface area contributed by atoms with Crippen molar-refractivity contribution in [2.24, 2.45) is 5.92 Å².